The van der Waals surface area contributed by atoms with Crippen molar-refractivity contribution >= 4 is 23.2 Å². The second kappa shape index (κ2) is 5.30. The zero-order valence-electron chi connectivity index (χ0n) is 11.3. The van der Waals surface area contributed by atoms with E-state index in [1.54, 1.807) is 24.3 Å². The zero-order chi connectivity index (χ0) is 15.0. The average molecular weight is 303 g/mol. The predicted octanol–water partition coefficient (Wildman–Crippen LogP) is 3.24. The van der Waals surface area contributed by atoms with E-state index in [0.717, 1.165) is 29.7 Å². The van der Waals surface area contributed by atoms with E-state index in [1.165, 1.54) is 0 Å². The van der Waals surface area contributed by atoms with E-state index in [-0.39, 0.29) is 6.04 Å². The third-order valence-corrected chi connectivity index (χ3v) is 4.13. The molecule has 3 rings (SSSR count). The quantitative estimate of drug-likeness (QED) is 0.814. The van der Waals surface area contributed by atoms with Crippen molar-refractivity contribution in [2.45, 2.75) is 18.9 Å². The molecule has 1 aliphatic carbocycles. The summed E-state index contributed by atoms with van der Waals surface area (Å²) in [4.78, 5) is 11.2. The summed E-state index contributed by atoms with van der Waals surface area (Å²) in [5.74, 6) is -0.193. The van der Waals surface area contributed by atoms with Crippen LogP contribution in [-0.4, -0.2) is 11.0 Å². The lowest BCUT2D eigenvalue weighted by atomic mass is 10.1. The van der Waals surface area contributed by atoms with E-state index in [9.17, 15) is 9.90 Å². The van der Waals surface area contributed by atoms with Crippen molar-refractivity contribution in [3.05, 3.63) is 58.1 Å². The highest BCUT2D eigenvalue weighted by Gasteiger charge is 2.24. The summed E-state index contributed by atoms with van der Waals surface area (Å²) >= 11 is 6.05. The number of fused-ring (bicyclic) bond motifs is 1. The summed E-state index contributed by atoms with van der Waals surface area (Å²) in [6, 6.07) is 10.8. The Labute approximate surface area is 127 Å². The minimum Gasteiger partial charge on any atom is -0.508 e. The number of hydrogen-bond donors (Lipinski definition) is 3. The van der Waals surface area contributed by atoms with Gasteiger partial charge in [-0.05, 0) is 48.2 Å². The van der Waals surface area contributed by atoms with Crippen LogP contribution >= 0.6 is 11.6 Å². The van der Waals surface area contributed by atoms with Crippen molar-refractivity contribution in [2.24, 2.45) is 5.73 Å². The van der Waals surface area contributed by atoms with Crippen molar-refractivity contribution in [3.63, 3.8) is 0 Å². The van der Waals surface area contributed by atoms with Gasteiger partial charge in [-0.25, -0.2) is 0 Å². The number of amides is 1. The smallest absolute Gasteiger partial charge is 0.250 e. The molecule has 4 N–H and O–H groups in total. The normalized spacial score (nSPS) is 16.5. The molecule has 0 aromatic heterocycles. The number of nitrogens with one attached hydrogen (secondary N) is 1. The molecule has 2 aromatic rings. The second-order valence-corrected chi connectivity index (χ2v) is 5.55. The first-order valence-corrected chi connectivity index (χ1v) is 7.10. The Hall–Kier alpha value is -2.20. The first-order chi connectivity index (χ1) is 10.1. The van der Waals surface area contributed by atoms with E-state index < -0.39 is 5.91 Å². The molecule has 0 saturated heterocycles. The number of primary amides is 1. The number of phenols is 1. The summed E-state index contributed by atoms with van der Waals surface area (Å²) < 4.78 is 0. The fraction of sp³-hybridized carbons (Fsp3) is 0.188. The van der Waals surface area contributed by atoms with E-state index in [4.69, 9.17) is 17.3 Å². The third-order valence-electron chi connectivity index (χ3n) is 3.82. The minimum absolute atomic E-state index is 0.127. The molecule has 0 radical (unpaired) electrons. The lowest BCUT2D eigenvalue weighted by molar-refractivity contribution is 0.100. The summed E-state index contributed by atoms with van der Waals surface area (Å²) in [6.07, 6.45) is 1.74. The summed E-state index contributed by atoms with van der Waals surface area (Å²) in [5, 5.41) is 13.6. The molecule has 1 unspecified atom stereocenters. The highest BCUT2D eigenvalue weighted by atomic mass is 35.5. The van der Waals surface area contributed by atoms with Gasteiger partial charge in [0.05, 0.1) is 16.6 Å². The van der Waals surface area contributed by atoms with Gasteiger partial charge in [-0.3, -0.25) is 4.79 Å². The Morgan fingerprint density at radius 3 is 2.86 bits per heavy atom. The molecular weight excluding hydrogens is 288 g/mol. The van der Waals surface area contributed by atoms with Crippen LogP contribution in [0.3, 0.4) is 0 Å². The first-order valence-electron chi connectivity index (χ1n) is 6.73. The van der Waals surface area contributed by atoms with Crippen LogP contribution in [0.25, 0.3) is 0 Å². The van der Waals surface area contributed by atoms with Gasteiger partial charge in [-0.15, -0.1) is 0 Å². The van der Waals surface area contributed by atoms with Gasteiger partial charge in [0.15, 0.2) is 0 Å². The lowest BCUT2D eigenvalue weighted by Crippen LogP contribution is -2.12. The number of phenolic OH excluding ortho intramolecular Hbond substituents is 1. The number of hydrogen-bond acceptors (Lipinski definition) is 3. The number of benzene rings is 2. The largest absolute Gasteiger partial charge is 0.508 e. The first kappa shape index (κ1) is 13.8. The predicted molar refractivity (Wildman–Crippen MR) is 82.8 cm³/mol. The fourth-order valence-corrected chi connectivity index (χ4v) is 3.06. The van der Waals surface area contributed by atoms with E-state index in [0.29, 0.717) is 16.3 Å². The Bertz CT molecular complexity index is 715. The van der Waals surface area contributed by atoms with Crippen LogP contribution in [0.4, 0.5) is 5.69 Å². The Morgan fingerprint density at radius 2 is 2.14 bits per heavy atom. The Morgan fingerprint density at radius 1 is 1.33 bits per heavy atom. The number of aromatic hydroxyl groups is 1. The summed E-state index contributed by atoms with van der Waals surface area (Å²) in [6.45, 7) is 0. The van der Waals surface area contributed by atoms with Gasteiger partial charge in [0.2, 0.25) is 5.91 Å². The van der Waals surface area contributed by atoms with Crippen molar-refractivity contribution in [2.75, 3.05) is 5.32 Å². The van der Waals surface area contributed by atoms with E-state index in [2.05, 4.69) is 5.32 Å². The highest BCUT2D eigenvalue weighted by molar-refractivity contribution is 6.34. The molecule has 5 heteroatoms. The van der Waals surface area contributed by atoms with E-state index >= 15 is 0 Å². The summed E-state index contributed by atoms with van der Waals surface area (Å²) in [7, 11) is 0. The van der Waals surface area contributed by atoms with Gasteiger partial charge in [0.1, 0.15) is 5.75 Å². The highest BCUT2D eigenvalue weighted by Crippen LogP contribution is 2.38. The maximum atomic E-state index is 11.2. The van der Waals surface area contributed by atoms with E-state index in [1.807, 2.05) is 12.1 Å². The summed E-state index contributed by atoms with van der Waals surface area (Å²) in [5.41, 5.74) is 8.47. The molecule has 0 saturated carbocycles. The average Bonchev–Trinajstić information content (AvgIpc) is 2.83. The zero-order valence-corrected chi connectivity index (χ0v) is 12.0. The molecule has 1 aliphatic rings. The molecule has 0 bridgehead atoms. The maximum Gasteiger partial charge on any atom is 0.250 e. The Kier molecular flexibility index (Phi) is 3.47. The number of nitrogens with two attached hydrogens (primary N) is 1. The van der Waals surface area contributed by atoms with Gasteiger partial charge in [0, 0.05) is 5.69 Å². The van der Waals surface area contributed by atoms with Crippen LogP contribution in [0, 0.1) is 0 Å². The maximum absolute atomic E-state index is 11.2. The van der Waals surface area contributed by atoms with Gasteiger partial charge in [-0.2, -0.15) is 0 Å². The van der Waals surface area contributed by atoms with Crippen molar-refractivity contribution in [1.82, 2.24) is 0 Å². The minimum atomic E-state index is -0.539. The molecule has 1 atom stereocenters. The van der Waals surface area contributed by atoms with Gasteiger partial charge in [-0.1, -0.05) is 23.7 Å². The van der Waals surface area contributed by atoms with Crippen LogP contribution in [0.2, 0.25) is 5.02 Å². The fourth-order valence-electron chi connectivity index (χ4n) is 2.79. The van der Waals surface area contributed by atoms with Gasteiger partial charge < -0.3 is 16.2 Å². The van der Waals surface area contributed by atoms with Crippen LogP contribution < -0.4 is 11.1 Å². The van der Waals surface area contributed by atoms with Crippen molar-refractivity contribution < 1.29 is 9.90 Å². The number of rotatable bonds is 3. The Balaban J connectivity index is 1.85. The molecule has 0 spiro atoms. The van der Waals surface area contributed by atoms with Crippen molar-refractivity contribution in [1.29, 1.82) is 0 Å². The lowest BCUT2D eigenvalue weighted by Gasteiger charge is -2.16. The monoisotopic (exact) mass is 302 g/mol. The van der Waals surface area contributed by atoms with Crippen LogP contribution in [-0.2, 0) is 6.42 Å². The van der Waals surface area contributed by atoms with Crippen molar-refractivity contribution in [3.8, 4) is 5.75 Å². The SMILES string of the molecule is NC(=O)c1ccc(NC2CCc3c(O)cccc32)cc1Cl. The number of carbonyl (C=O) groups is 1. The van der Waals surface area contributed by atoms with Crippen LogP contribution in [0.1, 0.15) is 33.9 Å². The molecule has 108 valence electrons. The second-order valence-electron chi connectivity index (χ2n) is 5.14. The van der Waals surface area contributed by atoms with Crippen LogP contribution in [0.5, 0.6) is 5.75 Å². The molecule has 0 fully saturated rings. The number of halogens is 1. The van der Waals surface area contributed by atoms with Gasteiger partial charge >= 0.3 is 0 Å². The van der Waals surface area contributed by atoms with Gasteiger partial charge in [0.25, 0.3) is 0 Å². The molecule has 0 heterocycles. The number of anilines is 1. The molecule has 1 amide bonds. The molecule has 21 heavy (non-hydrogen) atoms. The number of carbonyl (C=O) groups excluding carboxylic acids is 1. The molecular formula is C16H15ClN2O2. The molecule has 4 nitrogen and oxygen atoms in total. The van der Waals surface area contributed by atoms with Crippen LogP contribution in [0.15, 0.2) is 36.4 Å². The standard InChI is InChI=1S/C16H15ClN2O2/c17-13-8-9(4-5-12(13)16(18)21)19-14-7-6-11-10(14)2-1-3-15(11)20/h1-5,8,14,19-20H,6-7H2,(H2,18,21). The molecule has 2 aromatic carbocycles. The third kappa shape index (κ3) is 2.54. The topological polar surface area (TPSA) is 75.4 Å². The molecule has 0 aliphatic heterocycles.